The Morgan fingerprint density at radius 3 is 1.30 bits per heavy atom. The summed E-state index contributed by atoms with van der Waals surface area (Å²) in [5.74, 6) is 0. The molecule has 5 atom stereocenters. The van der Waals surface area contributed by atoms with Crippen LogP contribution in [0.4, 0.5) is 0 Å². The van der Waals surface area contributed by atoms with Gasteiger partial charge >= 0.3 is 241 Å². The van der Waals surface area contributed by atoms with Gasteiger partial charge in [0.1, 0.15) is 0 Å². The Bertz CT molecular complexity index is 515. The molecule has 2 rings (SSSR count). The molecule has 2 aliphatic heterocycles. The fourth-order valence-corrected chi connectivity index (χ4v) is 34.5. The van der Waals surface area contributed by atoms with Crippen molar-refractivity contribution in [3.8, 4) is 0 Å². The van der Waals surface area contributed by atoms with E-state index in [1.807, 2.05) is 0 Å². The van der Waals surface area contributed by atoms with E-state index in [-0.39, 0.29) is 24.6 Å². The third kappa shape index (κ3) is 10.6. The first-order chi connectivity index (χ1) is 17.9. The van der Waals surface area contributed by atoms with Gasteiger partial charge in [0.25, 0.3) is 0 Å². The van der Waals surface area contributed by atoms with Crippen molar-refractivity contribution < 1.29 is 20.7 Å². The molecule has 0 aromatic heterocycles. The molecule has 2 bridgehead atoms. The van der Waals surface area contributed by atoms with Gasteiger partial charge in [-0.15, -0.1) is 0 Å². The molecule has 2 saturated heterocycles. The van der Waals surface area contributed by atoms with Crippen LogP contribution in [0.2, 0.25) is 26.6 Å². The van der Waals surface area contributed by atoms with Crippen molar-refractivity contribution in [1.29, 1.82) is 0 Å². The molecule has 1 N–H and O–H groups in total. The third-order valence-electron chi connectivity index (χ3n) is 8.73. The SMILES string of the molecule is CCC[CH2][Sn]([CH2]CCC)([CH2]CCC)[O][C@H]1[C@@H]2OC[C@@H](O2)[C@H](O)[C@@H]1[O][Sn]([CH2]CCC)([CH2]CCC)[CH2]CCC. The predicted molar refractivity (Wildman–Crippen MR) is 160 cm³/mol. The first-order valence-corrected chi connectivity index (χ1v) is 30.7. The Kier molecular flexibility index (Phi) is 17.5. The molecular formula is C30H62O5Sn2. The molecule has 0 unspecified atom stereocenters. The van der Waals surface area contributed by atoms with Gasteiger partial charge in [0.05, 0.1) is 0 Å². The van der Waals surface area contributed by atoms with Crippen molar-refractivity contribution in [3.05, 3.63) is 0 Å². The molecule has 0 aliphatic carbocycles. The van der Waals surface area contributed by atoms with Crippen molar-refractivity contribution in [2.45, 2.75) is 176 Å². The van der Waals surface area contributed by atoms with Gasteiger partial charge in [-0.2, -0.15) is 0 Å². The van der Waals surface area contributed by atoms with Crippen LogP contribution in [0.1, 0.15) is 119 Å². The van der Waals surface area contributed by atoms with Gasteiger partial charge < -0.3 is 0 Å². The van der Waals surface area contributed by atoms with Crippen LogP contribution in [0.15, 0.2) is 0 Å². The van der Waals surface area contributed by atoms with E-state index in [0.717, 1.165) is 0 Å². The molecule has 37 heavy (non-hydrogen) atoms. The van der Waals surface area contributed by atoms with Crippen LogP contribution in [-0.2, 0) is 15.6 Å². The topological polar surface area (TPSA) is 57.2 Å². The normalized spacial score (nSPS) is 26.2. The summed E-state index contributed by atoms with van der Waals surface area (Å²) in [4.78, 5) is 0. The number of rotatable bonds is 22. The van der Waals surface area contributed by atoms with Crippen LogP contribution in [0.5, 0.6) is 0 Å². The number of fused-ring (bicyclic) bond motifs is 2. The van der Waals surface area contributed by atoms with Gasteiger partial charge in [-0.25, -0.2) is 0 Å². The molecule has 0 aromatic carbocycles. The summed E-state index contributed by atoms with van der Waals surface area (Å²) in [5.41, 5.74) is 0. The van der Waals surface area contributed by atoms with E-state index in [0.29, 0.717) is 6.61 Å². The molecule has 0 saturated carbocycles. The summed E-state index contributed by atoms with van der Waals surface area (Å²) in [6.07, 6.45) is 13.0. The van der Waals surface area contributed by atoms with Crippen LogP contribution in [0.25, 0.3) is 0 Å². The van der Waals surface area contributed by atoms with E-state index in [2.05, 4.69) is 41.5 Å². The molecule has 0 amide bonds. The van der Waals surface area contributed by atoms with E-state index < -0.39 is 43.7 Å². The number of aliphatic hydroxyl groups is 1. The maximum absolute atomic E-state index is 11.6. The number of hydrogen-bond donors (Lipinski definition) is 1. The van der Waals surface area contributed by atoms with Gasteiger partial charge in [-0.3, -0.25) is 0 Å². The second-order valence-electron chi connectivity index (χ2n) is 12.0. The molecule has 2 heterocycles. The first kappa shape index (κ1) is 34.6. The second-order valence-corrected chi connectivity index (χ2v) is 35.4. The molecule has 2 fully saturated rings. The van der Waals surface area contributed by atoms with Crippen LogP contribution in [0.3, 0.4) is 0 Å². The molecule has 0 aromatic rings. The zero-order valence-electron chi connectivity index (χ0n) is 25.4. The zero-order chi connectivity index (χ0) is 27.2. The average Bonchev–Trinajstić information content (AvgIpc) is 3.37. The maximum atomic E-state index is 11.6. The third-order valence-corrected chi connectivity index (χ3v) is 34.8. The standard InChI is InChI=1S/C6H8O5.6C4H9.2Sn/c7-3-2-1-10-6(11-2)5(9)4(3)8;6*1-3-4-2;;/h2-7H,1H2;6*1,3-4H2,2H3;;/q-2;;;;;;;2*+1/t2-,3+,4+,5-,6-;;;;;;;;/m1......../s1. The Morgan fingerprint density at radius 1 is 0.595 bits per heavy atom. The summed E-state index contributed by atoms with van der Waals surface area (Å²) in [7, 11) is 0. The minimum atomic E-state index is -2.99. The second kappa shape index (κ2) is 18.8. The Balaban J connectivity index is 2.42. The number of ether oxygens (including phenoxy) is 2. The van der Waals surface area contributed by atoms with Crippen molar-refractivity contribution in [3.63, 3.8) is 0 Å². The average molecular weight is 740 g/mol. The first-order valence-electron chi connectivity index (χ1n) is 16.2. The van der Waals surface area contributed by atoms with Crippen LogP contribution in [0, 0.1) is 0 Å². The Hall–Kier alpha value is 1.40. The number of unbranched alkanes of at least 4 members (excludes halogenated alkanes) is 6. The summed E-state index contributed by atoms with van der Waals surface area (Å²) >= 11 is -5.97. The molecule has 2 aliphatic rings. The van der Waals surface area contributed by atoms with Gasteiger partial charge in [0, 0.05) is 0 Å². The predicted octanol–water partition coefficient (Wildman–Crippen LogP) is 8.56. The minimum absolute atomic E-state index is 0.254. The van der Waals surface area contributed by atoms with E-state index in [1.54, 1.807) is 0 Å². The fourth-order valence-electron chi connectivity index (χ4n) is 6.29. The summed E-state index contributed by atoms with van der Waals surface area (Å²) < 4.78 is 35.0. The monoisotopic (exact) mass is 742 g/mol. The molecular weight excluding hydrogens is 678 g/mol. The summed E-state index contributed by atoms with van der Waals surface area (Å²) in [6.45, 7) is 14.3. The zero-order valence-corrected chi connectivity index (χ0v) is 31.1. The van der Waals surface area contributed by atoms with Gasteiger partial charge in [0.15, 0.2) is 0 Å². The van der Waals surface area contributed by atoms with E-state index in [9.17, 15) is 5.11 Å². The van der Waals surface area contributed by atoms with Crippen LogP contribution in [-0.4, -0.2) is 80.0 Å². The quantitative estimate of drug-likeness (QED) is 0.113. The fraction of sp³-hybridized carbons (Fsp3) is 1.00. The molecule has 5 nitrogen and oxygen atoms in total. The van der Waals surface area contributed by atoms with Gasteiger partial charge in [0.2, 0.25) is 0 Å². The van der Waals surface area contributed by atoms with Crippen molar-refractivity contribution in [2.24, 2.45) is 0 Å². The number of aliphatic hydroxyl groups excluding tert-OH is 1. The van der Waals surface area contributed by atoms with Crippen molar-refractivity contribution in [1.82, 2.24) is 0 Å². The summed E-state index contributed by atoms with van der Waals surface area (Å²) in [6, 6.07) is 0. The van der Waals surface area contributed by atoms with Crippen LogP contribution < -0.4 is 0 Å². The van der Waals surface area contributed by atoms with Crippen LogP contribution >= 0.6 is 0 Å². The van der Waals surface area contributed by atoms with E-state index in [1.165, 1.54) is 104 Å². The Morgan fingerprint density at radius 2 is 0.946 bits per heavy atom. The molecule has 7 heteroatoms. The van der Waals surface area contributed by atoms with Crippen molar-refractivity contribution in [2.75, 3.05) is 6.61 Å². The Labute approximate surface area is 239 Å². The van der Waals surface area contributed by atoms with Gasteiger partial charge in [-0.05, 0) is 0 Å². The molecule has 0 spiro atoms. The number of hydrogen-bond acceptors (Lipinski definition) is 5. The van der Waals surface area contributed by atoms with E-state index >= 15 is 0 Å². The van der Waals surface area contributed by atoms with E-state index in [4.69, 9.17) is 15.6 Å². The van der Waals surface area contributed by atoms with Gasteiger partial charge in [-0.1, -0.05) is 0 Å². The molecule has 220 valence electrons. The van der Waals surface area contributed by atoms with Crippen molar-refractivity contribution >= 4 is 37.6 Å². The summed E-state index contributed by atoms with van der Waals surface area (Å²) in [5, 5.41) is 11.6. The molecule has 0 radical (unpaired) electrons.